The van der Waals surface area contributed by atoms with Crippen molar-refractivity contribution in [2.24, 2.45) is 0 Å². The van der Waals surface area contributed by atoms with E-state index >= 15 is 0 Å². The van der Waals surface area contributed by atoms with Crippen LogP contribution >= 0.6 is 11.6 Å². The molecule has 2 aromatic heterocycles. The smallest absolute Gasteiger partial charge is 0.0946 e. The number of fused-ring (bicyclic) bond motifs is 1. The fourth-order valence-corrected chi connectivity index (χ4v) is 3.21. The summed E-state index contributed by atoms with van der Waals surface area (Å²) in [4.78, 5) is 6.78. The van der Waals surface area contributed by atoms with Crippen molar-refractivity contribution in [1.82, 2.24) is 14.8 Å². The van der Waals surface area contributed by atoms with Gasteiger partial charge in [-0.05, 0) is 30.3 Å². The van der Waals surface area contributed by atoms with Gasteiger partial charge in [-0.1, -0.05) is 11.6 Å². The predicted octanol–water partition coefficient (Wildman–Crippen LogP) is 2.99. The lowest BCUT2D eigenvalue weighted by molar-refractivity contribution is 0.0275. The van der Waals surface area contributed by atoms with Crippen molar-refractivity contribution >= 4 is 28.2 Å². The summed E-state index contributed by atoms with van der Waals surface area (Å²) < 4.78 is 7.81. The largest absolute Gasteiger partial charge is 0.373 e. The van der Waals surface area contributed by atoms with Crippen LogP contribution in [0.4, 0.5) is 5.69 Å². The van der Waals surface area contributed by atoms with Gasteiger partial charge >= 0.3 is 0 Å². The second-order valence-corrected chi connectivity index (χ2v) is 6.09. The molecule has 4 rings (SSSR count). The molecule has 1 aliphatic rings. The molecule has 3 aromatic rings. The summed E-state index contributed by atoms with van der Waals surface area (Å²) in [6.45, 7) is 3.18. The number of halogens is 1. The lowest BCUT2D eigenvalue weighted by atomic mass is 10.1. The van der Waals surface area contributed by atoms with Crippen LogP contribution in [0, 0.1) is 0 Å². The second-order valence-electron chi connectivity index (χ2n) is 5.66. The third-order valence-corrected chi connectivity index (χ3v) is 4.35. The summed E-state index contributed by atoms with van der Waals surface area (Å²) in [5, 5.41) is 6.09. The highest BCUT2D eigenvalue weighted by atomic mass is 35.5. The topological polar surface area (TPSA) is 43.2 Å². The molecule has 23 heavy (non-hydrogen) atoms. The summed E-state index contributed by atoms with van der Waals surface area (Å²) >= 11 is 6.08. The molecule has 0 N–H and O–H groups in total. The first-order valence-electron chi connectivity index (χ1n) is 7.68. The molecule has 0 radical (unpaired) electrons. The van der Waals surface area contributed by atoms with E-state index in [4.69, 9.17) is 16.3 Å². The van der Waals surface area contributed by atoms with Crippen LogP contribution in [0.5, 0.6) is 0 Å². The highest BCUT2D eigenvalue weighted by molar-refractivity contribution is 6.31. The van der Waals surface area contributed by atoms with Gasteiger partial charge in [-0.3, -0.25) is 9.67 Å². The molecule has 0 bridgehead atoms. The number of nitrogens with zero attached hydrogens (tertiary/aromatic N) is 4. The van der Waals surface area contributed by atoms with E-state index in [1.807, 2.05) is 41.3 Å². The van der Waals surface area contributed by atoms with E-state index in [0.29, 0.717) is 11.6 Å². The molecule has 1 fully saturated rings. The normalized spacial score (nSPS) is 18.5. The molecule has 5 nitrogen and oxygen atoms in total. The number of hydrogen-bond acceptors (Lipinski definition) is 4. The van der Waals surface area contributed by atoms with E-state index in [0.717, 1.165) is 30.5 Å². The fourth-order valence-electron chi connectivity index (χ4n) is 3.05. The summed E-state index contributed by atoms with van der Waals surface area (Å²) in [5.74, 6) is 0. The van der Waals surface area contributed by atoms with E-state index in [-0.39, 0.29) is 6.10 Å². The van der Waals surface area contributed by atoms with Crippen LogP contribution in [-0.4, -0.2) is 40.6 Å². The van der Waals surface area contributed by atoms with Crippen LogP contribution in [0.15, 0.2) is 48.9 Å². The maximum atomic E-state index is 6.08. The third kappa shape index (κ3) is 3.02. The highest BCUT2D eigenvalue weighted by Gasteiger charge is 2.22. The van der Waals surface area contributed by atoms with Crippen molar-refractivity contribution in [3.8, 4) is 0 Å². The monoisotopic (exact) mass is 328 g/mol. The first kappa shape index (κ1) is 14.5. The Morgan fingerprint density at radius 2 is 2.22 bits per heavy atom. The molecule has 1 unspecified atom stereocenters. The maximum Gasteiger partial charge on any atom is 0.0946 e. The van der Waals surface area contributed by atoms with E-state index in [1.165, 1.54) is 5.69 Å². The number of anilines is 1. The Hall–Kier alpha value is -2.11. The average molecular weight is 329 g/mol. The SMILES string of the molecule is Clc1ccc2c(N3CCOC(Cn4cccn4)C3)ccnc2c1. The maximum absolute atomic E-state index is 6.08. The number of ether oxygens (including phenoxy) is 1. The van der Waals surface area contributed by atoms with Crippen LogP contribution in [0.3, 0.4) is 0 Å². The van der Waals surface area contributed by atoms with E-state index < -0.39 is 0 Å². The van der Waals surface area contributed by atoms with Gasteiger partial charge in [0.1, 0.15) is 0 Å². The van der Waals surface area contributed by atoms with Gasteiger partial charge in [-0.2, -0.15) is 5.10 Å². The molecule has 0 saturated carbocycles. The molecule has 118 valence electrons. The number of rotatable bonds is 3. The van der Waals surface area contributed by atoms with E-state index in [1.54, 1.807) is 6.20 Å². The quantitative estimate of drug-likeness (QED) is 0.741. The van der Waals surface area contributed by atoms with Gasteiger partial charge < -0.3 is 9.64 Å². The standard InChI is InChI=1S/C17H17ClN4O/c18-13-2-3-15-16(10-13)19-6-4-17(15)21-8-9-23-14(11-21)12-22-7-1-5-20-22/h1-7,10,14H,8-9,11-12H2. The van der Waals surface area contributed by atoms with E-state index in [9.17, 15) is 0 Å². The molecule has 3 heterocycles. The Bertz CT molecular complexity index is 805. The zero-order valence-electron chi connectivity index (χ0n) is 12.6. The summed E-state index contributed by atoms with van der Waals surface area (Å²) in [6.07, 6.45) is 5.72. The highest BCUT2D eigenvalue weighted by Crippen LogP contribution is 2.28. The van der Waals surface area contributed by atoms with Crippen LogP contribution in [0.2, 0.25) is 5.02 Å². The Kier molecular flexibility index (Phi) is 3.89. The Balaban J connectivity index is 1.60. The Labute approximate surface area is 139 Å². The minimum Gasteiger partial charge on any atom is -0.373 e. The number of benzene rings is 1. The van der Waals surface area contributed by atoms with Crippen molar-refractivity contribution in [2.45, 2.75) is 12.6 Å². The second kappa shape index (κ2) is 6.18. The Morgan fingerprint density at radius 1 is 1.26 bits per heavy atom. The molecule has 0 spiro atoms. The number of morpholine rings is 1. The zero-order chi connectivity index (χ0) is 15.6. The van der Waals surface area contributed by atoms with Crippen molar-refractivity contribution in [3.63, 3.8) is 0 Å². The molecular weight excluding hydrogens is 312 g/mol. The lowest BCUT2D eigenvalue weighted by Gasteiger charge is -2.35. The molecule has 1 aliphatic heterocycles. The van der Waals surface area contributed by atoms with Crippen molar-refractivity contribution in [1.29, 1.82) is 0 Å². The fraction of sp³-hybridized carbons (Fsp3) is 0.294. The van der Waals surface area contributed by atoms with Crippen LogP contribution in [0.1, 0.15) is 0 Å². The number of aromatic nitrogens is 3. The number of pyridine rings is 1. The Morgan fingerprint density at radius 3 is 3.09 bits per heavy atom. The zero-order valence-corrected chi connectivity index (χ0v) is 13.4. The first-order chi connectivity index (χ1) is 11.3. The van der Waals surface area contributed by atoms with Gasteiger partial charge in [0, 0.05) is 47.8 Å². The van der Waals surface area contributed by atoms with Crippen molar-refractivity contribution < 1.29 is 4.74 Å². The average Bonchev–Trinajstić information content (AvgIpc) is 3.07. The minimum absolute atomic E-state index is 0.124. The third-order valence-electron chi connectivity index (χ3n) is 4.11. The summed E-state index contributed by atoms with van der Waals surface area (Å²) in [7, 11) is 0. The number of hydrogen-bond donors (Lipinski definition) is 0. The molecule has 1 atom stereocenters. The van der Waals surface area contributed by atoms with Gasteiger partial charge in [0.05, 0.1) is 24.8 Å². The van der Waals surface area contributed by atoms with Gasteiger partial charge in [-0.25, -0.2) is 0 Å². The minimum atomic E-state index is 0.124. The molecule has 1 saturated heterocycles. The lowest BCUT2D eigenvalue weighted by Crippen LogP contribution is -2.44. The summed E-state index contributed by atoms with van der Waals surface area (Å²) in [5.41, 5.74) is 2.10. The van der Waals surface area contributed by atoms with Crippen LogP contribution in [-0.2, 0) is 11.3 Å². The molecular formula is C17H17ClN4O. The predicted molar refractivity (Wildman–Crippen MR) is 90.9 cm³/mol. The van der Waals surface area contributed by atoms with Gasteiger partial charge in [0.2, 0.25) is 0 Å². The molecule has 0 aliphatic carbocycles. The summed E-state index contributed by atoms with van der Waals surface area (Å²) in [6, 6.07) is 9.85. The molecule has 6 heteroatoms. The van der Waals surface area contributed by atoms with Gasteiger partial charge in [0.15, 0.2) is 0 Å². The van der Waals surface area contributed by atoms with Crippen LogP contribution in [0.25, 0.3) is 10.9 Å². The van der Waals surface area contributed by atoms with Gasteiger partial charge in [-0.15, -0.1) is 0 Å². The molecule has 0 amide bonds. The van der Waals surface area contributed by atoms with Gasteiger partial charge in [0.25, 0.3) is 0 Å². The molecule has 1 aromatic carbocycles. The first-order valence-corrected chi connectivity index (χ1v) is 8.06. The van der Waals surface area contributed by atoms with Crippen LogP contribution < -0.4 is 4.90 Å². The van der Waals surface area contributed by atoms with E-state index in [2.05, 4.69) is 21.0 Å². The van der Waals surface area contributed by atoms with Crippen molar-refractivity contribution in [3.05, 3.63) is 53.9 Å². The van der Waals surface area contributed by atoms with Crippen molar-refractivity contribution in [2.75, 3.05) is 24.6 Å².